The van der Waals surface area contributed by atoms with Crippen LogP contribution in [0, 0.1) is 18.6 Å². The summed E-state index contributed by atoms with van der Waals surface area (Å²) >= 11 is 1.52. The molecule has 10 nitrogen and oxygen atoms in total. The number of hydrogen-bond acceptors (Lipinski definition) is 9. The van der Waals surface area contributed by atoms with Crippen LogP contribution in [0.4, 0.5) is 20.3 Å². The lowest BCUT2D eigenvalue weighted by molar-refractivity contribution is 0.102. The van der Waals surface area contributed by atoms with Crippen LogP contribution >= 0.6 is 11.3 Å². The highest BCUT2D eigenvalue weighted by molar-refractivity contribution is 7.90. The molecule has 0 unspecified atom stereocenters. The number of carbonyl (C=O) groups is 1. The van der Waals surface area contributed by atoms with Crippen molar-refractivity contribution in [1.82, 2.24) is 19.7 Å². The van der Waals surface area contributed by atoms with Crippen molar-refractivity contribution in [3.05, 3.63) is 76.8 Å². The topological polar surface area (TPSA) is 119 Å². The predicted molar refractivity (Wildman–Crippen MR) is 155 cm³/mol. The summed E-state index contributed by atoms with van der Waals surface area (Å²) in [7, 11) is -3.82. The van der Waals surface area contributed by atoms with Crippen molar-refractivity contribution < 1.29 is 26.7 Å². The Morgan fingerprint density at radius 1 is 1.05 bits per heavy atom. The molecule has 0 atom stereocenters. The summed E-state index contributed by atoms with van der Waals surface area (Å²) in [5.41, 5.74) is 1.54. The SMILES string of the molecule is Cc1c(F)cc(NC(=O)c2cc(S(C)(=O)=O)n(-c3ccc(F)cc3)n2)cc1-c1nc(N2CCOCC2)c2sccc2n1. The monoisotopic (exact) mass is 610 g/mol. The van der Waals surface area contributed by atoms with Crippen LogP contribution in [0.5, 0.6) is 0 Å². The van der Waals surface area contributed by atoms with Crippen LogP contribution in [-0.2, 0) is 14.6 Å². The Bertz CT molecular complexity index is 1930. The van der Waals surface area contributed by atoms with E-state index in [1.807, 2.05) is 11.4 Å². The number of thiophene rings is 1. The minimum absolute atomic E-state index is 0.109. The maximum Gasteiger partial charge on any atom is 0.276 e. The van der Waals surface area contributed by atoms with Crippen LogP contribution in [0.2, 0.25) is 0 Å². The first-order valence-corrected chi connectivity index (χ1v) is 15.6. The average molecular weight is 611 g/mol. The summed E-state index contributed by atoms with van der Waals surface area (Å²) in [4.78, 5) is 24.8. The molecule has 0 radical (unpaired) electrons. The fourth-order valence-corrected chi connectivity index (χ4v) is 6.28. The number of hydrogen-bond donors (Lipinski definition) is 1. The Kier molecular flexibility index (Phi) is 7.20. The highest BCUT2D eigenvalue weighted by Crippen LogP contribution is 2.34. The third-order valence-corrected chi connectivity index (χ3v) is 8.75. The number of anilines is 2. The zero-order chi connectivity index (χ0) is 29.6. The number of benzene rings is 2. The third-order valence-electron chi connectivity index (χ3n) is 6.80. The molecule has 0 spiro atoms. The number of fused-ring (bicyclic) bond motifs is 1. The largest absolute Gasteiger partial charge is 0.378 e. The van der Waals surface area contributed by atoms with Gasteiger partial charge in [0.2, 0.25) is 0 Å². The predicted octanol–water partition coefficient (Wildman–Crippen LogP) is 4.62. The summed E-state index contributed by atoms with van der Waals surface area (Å²) in [6.45, 7) is 4.06. The highest BCUT2D eigenvalue weighted by Gasteiger charge is 2.24. The van der Waals surface area contributed by atoms with E-state index >= 15 is 4.39 Å². The van der Waals surface area contributed by atoms with Gasteiger partial charge >= 0.3 is 0 Å². The molecule has 0 bridgehead atoms. The average Bonchev–Trinajstić information content (AvgIpc) is 3.63. The molecular weight excluding hydrogens is 586 g/mol. The number of sulfone groups is 1. The number of carbonyl (C=O) groups excluding carboxylic acids is 1. The van der Waals surface area contributed by atoms with Gasteiger partial charge in [-0.15, -0.1) is 11.3 Å². The molecule has 6 rings (SSSR count). The van der Waals surface area contributed by atoms with E-state index in [1.165, 1.54) is 23.5 Å². The third kappa shape index (κ3) is 5.35. The van der Waals surface area contributed by atoms with E-state index in [2.05, 4.69) is 20.3 Å². The van der Waals surface area contributed by atoms with Gasteiger partial charge in [-0.3, -0.25) is 4.79 Å². The summed E-state index contributed by atoms with van der Waals surface area (Å²) in [6, 6.07) is 10.7. The first-order chi connectivity index (χ1) is 20.1. The van der Waals surface area contributed by atoms with E-state index in [4.69, 9.17) is 9.72 Å². The van der Waals surface area contributed by atoms with Crippen molar-refractivity contribution in [2.75, 3.05) is 42.8 Å². The van der Waals surface area contributed by atoms with Gasteiger partial charge in [0.15, 0.2) is 32.2 Å². The van der Waals surface area contributed by atoms with E-state index in [0.717, 1.165) is 51.2 Å². The Labute approximate surface area is 243 Å². The van der Waals surface area contributed by atoms with Gasteiger partial charge in [-0.05, 0) is 60.3 Å². The van der Waals surface area contributed by atoms with E-state index in [0.29, 0.717) is 43.3 Å². The maximum absolute atomic E-state index is 15.2. The zero-order valence-electron chi connectivity index (χ0n) is 22.5. The fraction of sp³-hybridized carbons (Fsp3) is 0.214. The molecule has 216 valence electrons. The second kappa shape index (κ2) is 10.9. The molecule has 4 heterocycles. The molecule has 1 N–H and O–H groups in total. The molecule has 1 aliphatic rings. The molecule has 14 heteroatoms. The molecule has 42 heavy (non-hydrogen) atoms. The molecule has 0 saturated carbocycles. The number of rotatable bonds is 6. The fourth-order valence-electron chi connectivity index (χ4n) is 4.64. The Hall–Kier alpha value is -4.27. The van der Waals surface area contributed by atoms with Gasteiger partial charge in [0.25, 0.3) is 5.91 Å². The lowest BCUT2D eigenvalue weighted by atomic mass is 10.1. The quantitative estimate of drug-likeness (QED) is 0.296. The summed E-state index contributed by atoms with van der Waals surface area (Å²) < 4.78 is 61.0. The normalized spacial score (nSPS) is 14.0. The summed E-state index contributed by atoms with van der Waals surface area (Å²) in [5, 5.41) is 8.43. The molecule has 1 saturated heterocycles. The number of nitrogens with one attached hydrogen (secondary N) is 1. The van der Waals surface area contributed by atoms with Crippen molar-refractivity contribution >= 4 is 48.8 Å². The van der Waals surface area contributed by atoms with Crippen molar-refractivity contribution in [2.24, 2.45) is 0 Å². The molecule has 3 aromatic heterocycles. The minimum Gasteiger partial charge on any atom is -0.378 e. The second-order valence-electron chi connectivity index (χ2n) is 9.72. The van der Waals surface area contributed by atoms with Gasteiger partial charge in [-0.2, -0.15) is 5.10 Å². The second-order valence-corrected chi connectivity index (χ2v) is 12.6. The Morgan fingerprint density at radius 3 is 2.50 bits per heavy atom. The number of halogens is 2. The zero-order valence-corrected chi connectivity index (χ0v) is 24.1. The number of morpholine rings is 1. The summed E-state index contributed by atoms with van der Waals surface area (Å²) in [6.07, 6.45) is 0.975. The van der Waals surface area contributed by atoms with Crippen LogP contribution in [0.25, 0.3) is 27.3 Å². The van der Waals surface area contributed by atoms with Gasteiger partial charge in [0.1, 0.15) is 11.6 Å². The van der Waals surface area contributed by atoms with Crippen LogP contribution in [0.15, 0.2) is 58.9 Å². The number of aromatic nitrogens is 4. The van der Waals surface area contributed by atoms with Crippen molar-refractivity contribution in [3.8, 4) is 17.1 Å². The van der Waals surface area contributed by atoms with Crippen LogP contribution in [0.3, 0.4) is 0 Å². The van der Waals surface area contributed by atoms with E-state index < -0.39 is 27.4 Å². The minimum atomic E-state index is -3.82. The molecule has 0 aliphatic carbocycles. The molecule has 2 aromatic carbocycles. The van der Waals surface area contributed by atoms with Crippen molar-refractivity contribution in [3.63, 3.8) is 0 Å². The van der Waals surface area contributed by atoms with Gasteiger partial charge in [-0.25, -0.2) is 31.8 Å². The highest BCUT2D eigenvalue weighted by atomic mass is 32.2. The van der Waals surface area contributed by atoms with Gasteiger partial charge in [0, 0.05) is 36.7 Å². The molecule has 5 aromatic rings. The molecular formula is C28H24F2N6O4S2. The smallest absolute Gasteiger partial charge is 0.276 e. The number of amides is 1. The molecule has 1 amide bonds. The number of ether oxygens (including phenoxy) is 1. The van der Waals surface area contributed by atoms with E-state index in [-0.39, 0.29) is 22.1 Å². The first-order valence-electron chi connectivity index (χ1n) is 12.8. The lowest BCUT2D eigenvalue weighted by Gasteiger charge is -2.28. The van der Waals surface area contributed by atoms with E-state index in [1.54, 1.807) is 13.0 Å². The Morgan fingerprint density at radius 2 is 1.79 bits per heavy atom. The van der Waals surface area contributed by atoms with Crippen LogP contribution in [0.1, 0.15) is 16.1 Å². The molecule has 1 fully saturated rings. The van der Waals surface area contributed by atoms with Crippen LogP contribution < -0.4 is 10.2 Å². The first kappa shape index (κ1) is 27.9. The van der Waals surface area contributed by atoms with Crippen LogP contribution in [-0.4, -0.2) is 66.6 Å². The standard InChI is InChI=1S/C28H24F2N6O4S2/c1-16-20(26-32-22-7-12-41-25(22)27(33-26)35-8-10-40-11-9-35)13-18(14-21(16)30)31-28(37)23-15-24(42(2,38)39)36(34-23)19-5-3-17(29)4-6-19/h3-7,12-15H,8-11H2,1-2H3,(H,31,37). The van der Waals surface area contributed by atoms with E-state index in [9.17, 15) is 17.6 Å². The Balaban J connectivity index is 1.37. The van der Waals surface area contributed by atoms with Gasteiger partial charge in [-0.1, -0.05) is 0 Å². The molecule has 1 aliphatic heterocycles. The maximum atomic E-state index is 15.2. The van der Waals surface area contributed by atoms with Gasteiger partial charge < -0.3 is 15.0 Å². The van der Waals surface area contributed by atoms with Crippen molar-refractivity contribution in [2.45, 2.75) is 11.9 Å². The summed E-state index contributed by atoms with van der Waals surface area (Å²) in [5.74, 6) is -0.824. The number of nitrogens with zero attached hydrogens (tertiary/aromatic N) is 5. The van der Waals surface area contributed by atoms with Crippen molar-refractivity contribution in [1.29, 1.82) is 0 Å². The van der Waals surface area contributed by atoms with Gasteiger partial charge in [0.05, 0.1) is 29.1 Å². The lowest BCUT2D eigenvalue weighted by Crippen LogP contribution is -2.36.